The van der Waals surface area contributed by atoms with Crippen LogP contribution in [0.3, 0.4) is 0 Å². The highest BCUT2D eigenvalue weighted by atomic mass is 32.2. The average Bonchev–Trinajstić information content (AvgIpc) is 2.64. The van der Waals surface area contributed by atoms with Gasteiger partial charge in [0.1, 0.15) is 0 Å². The minimum absolute atomic E-state index is 0.196. The van der Waals surface area contributed by atoms with E-state index >= 15 is 0 Å². The minimum atomic E-state index is -0.387. The predicted octanol–water partition coefficient (Wildman–Crippen LogP) is 3.85. The maximum Gasteiger partial charge on any atom is 0.316 e. The number of hydrogen-bond donors (Lipinski definition) is 1. The van der Waals surface area contributed by atoms with Crippen molar-refractivity contribution >= 4 is 35.4 Å². The second-order valence-electron chi connectivity index (χ2n) is 5.73. The molecule has 0 fully saturated rings. The van der Waals surface area contributed by atoms with E-state index in [4.69, 9.17) is 4.74 Å². The molecule has 2 rings (SSSR count). The van der Waals surface area contributed by atoms with Crippen LogP contribution in [-0.2, 0) is 14.3 Å². The van der Waals surface area contributed by atoms with Crippen molar-refractivity contribution in [3.8, 4) is 0 Å². The Morgan fingerprint density at radius 3 is 2.46 bits per heavy atom. The lowest BCUT2D eigenvalue weighted by Gasteiger charge is -2.07. The van der Waals surface area contributed by atoms with Gasteiger partial charge in [-0.3, -0.25) is 9.59 Å². The van der Waals surface area contributed by atoms with E-state index in [1.807, 2.05) is 31.2 Å². The van der Waals surface area contributed by atoms with E-state index in [1.54, 1.807) is 11.8 Å². The number of hydrogen-bond acceptors (Lipinski definition) is 5. The highest BCUT2D eigenvalue weighted by Gasteiger charge is 2.09. The number of carbonyl (C=O) groups excluding carboxylic acids is 2. The van der Waals surface area contributed by atoms with Gasteiger partial charge >= 0.3 is 5.97 Å². The lowest BCUT2D eigenvalue weighted by Crippen LogP contribution is -2.30. The van der Waals surface area contributed by atoms with E-state index in [9.17, 15) is 9.59 Å². The van der Waals surface area contributed by atoms with Crippen molar-refractivity contribution in [1.29, 1.82) is 0 Å². The van der Waals surface area contributed by atoms with Crippen LogP contribution in [0.25, 0.3) is 0 Å². The zero-order valence-corrected chi connectivity index (χ0v) is 16.6. The van der Waals surface area contributed by atoms with Gasteiger partial charge < -0.3 is 10.1 Å². The van der Waals surface area contributed by atoms with Crippen molar-refractivity contribution in [1.82, 2.24) is 5.32 Å². The Morgan fingerprint density at radius 1 is 1.00 bits per heavy atom. The second-order valence-corrected chi connectivity index (χ2v) is 7.91. The molecule has 0 heterocycles. The highest BCUT2D eigenvalue weighted by molar-refractivity contribution is 8.00. The molecule has 0 aliphatic carbocycles. The number of thioether (sulfide) groups is 2. The number of ether oxygens (including phenoxy) is 1. The smallest absolute Gasteiger partial charge is 0.316 e. The fraction of sp³-hybridized carbons (Fsp3) is 0.300. The Balaban J connectivity index is 1.57. The quantitative estimate of drug-likeness (QED) is 0.401. The van der Waals surface area contributed by atoms with Crippen molar-refractivity contribution in [2.45, 2.75) is 23.6 Å². The molecule has 6 heteroatoms. The molecule has 0 saturated carbocycles. The Morgan fingerprint density at radius 2 is 1.73 bits per heavy atom. The summed E-state index contributed by atoms with van der Waals surface area (Å²) in [6.45, 7) is 4.35. The third-order valence-corrected chi connectivity index (χ3v) is 5.68. The van der Waals surface area contributed by atoms with Crippen LogP contribution < -0.4 is 5.32 Å². The van der Waals surface area contributed by atoms with Crippen molar-refractivity contribution in [3.63, 3.8) is 0 Å². The second kappa shape index (κ2) is 10.9. The number of nitrogens with one attached hydrogen (secondary N) is 1. The lowest BCUT2D eigenvalue weighted by molar-refractivity contribution is -0.145. The molecule has 2 aromatic carbocycles. The Kier molecular flexibility index (Phi) is 8.58. The zero-order valence-electron chi connectivity index (χ0n) is 15.0. The molecule has 0 unspecified atom stereocenters. The SMILES string of the molecule is Cc1ccc(SCCNC(=O)COC(=O)CSc2ccccc2C)cc1. The zero-order chi connectivity index (χ0) is 18.8. The Labute approximate surface area is 163 Å². The number of amides is 1. The Bertz CT molecular complexity index is 732. The predicted molar refractivity (Wildman–Crippen MR) is 108 cm³/mol. The van der Waals surface area contributed by atoms with Crippen LogP contribution in [0.2, 0.25) is 0 Å². The molecule has 0 aliphatic heterocycles. The van der Waals surface area contributed by atoms with Gasteiger partial charge in [-0.05, 0) is 37.6 Å². The van der Waals surface area contributed by atoms with E-state index in [2.05, 4.69) is 36.5 Å². The normalized spacial score (nSPS) is 10.4. The summed E-state index contributed by atoms with van der Waals surface area (Å²) in [5.41, 5.74) is 2.35. The molecule has 0 aliphatic rings. The maximum absolute atomic E-state index is 11.7. The topological polar surface area (TPSA) is 55.4 Å². The number of benzene rings is 2. The molecule has 1 N–H and O–H groups in total. The van der Waals surface area contributed by atoms with E-state index in [0.717, 1.165) is 16.2 Å². The third kappa shape index (κ3) is 7.54. The molecule has 1 amide bonds. The van der Waals surface area contributed by atoms with E-state index in [-0.39, 0.29) is 24.2 Å². The summed E-state index contributed by atoms with van der Waals surface area (Å²) in [6.07, 6.45) is 0. The van der Waals surface area contributed by atoms with Crippen LogP contribution in [0.4, 0.5) is 0 Å². The third-order valence-electron chi connectivity index (χ3n) is 3.52. The van der Waals surface area contributed by atoms with Crippen LogP contribution >= 0.6 is 23.5 Å². The standard InChI is InChI=1S/C20H23NO3S2/c1-15-7-9-17(10-8-15)25-12-11-21-19(22)13-24-20(23)14-26-18-6-4-3-5-16(18)2/h3-10H,11-14H2,1-2H3,(H,21,22). The molecule has 0 atom stereocenters. The first-order valence-electron chi connectivity index (χ1n) is 8.35. The van der Waals surface area contributed by atoms with E-state index in [1.165, 1.54) is 22.2 Å². The molecular weight excluding hydrogens is 366 g/mol. The number of rotatable bonds is 9. The van der Waals surface area contributed by atoms with Crippen LogP contribution in [0.15, 0.2) is 58.3 Å². The van der Waals surface area contributed by atoms with Crippen LogP contribution in [0.5, 0.6) is 0 Å². The average molecular weight is 390 g/mol. The molecule has 0 bridgehead atoms. The summed E-state index contributed by atoms with van der Waals surface area (Å²) in [7, 11) is 0. The van der Waals surface area contributed by atoms with Crippen molar-refractivity contribution < 1.29 is 14.3 Å². The van der Waals surface area contributed by atoms with Crippen LogP contribution in [-0.4, -0.2) is 36.5 Å². The molecule has 0 saturated heterocycles. The van der Waals surface area contributed by atoms with Gasteiger partial charge in [0, 0.05) is 22.1 Å². The first-order valence-corrected chi connectivity index (χ1v) is 10.3. The van der Waals surface area contributed by atoms with Gasteiger partial charge in [-0.15, -0.1) is 23.5 Å². The summed E-state index contributed by atoms with van der Waals surface area (Å²) in [5.74, 6) is 0.305. The van der Waals surface area contributed by atoms with Gasteiger partial charge in [-0.25, -0.2) is 0 Å². The van der Waals surface area contributed by atoms with Gasteiger partial charge in [0.05, 0.1) is 5.75 Å². The molecule has 0 radical (unpaired) electrons. The molecule has 4 nitrogen and oxygen atoms in total. The van der Waals surface area contributed by atoms with Gasteiger partial charge in [0.25, 0.3) is 5.91 Å². The van der Waals surface area contributed by atoms with Gasteiger partial charge in [-0.1, -0.05) is 35.9 Å². The van der Waals surface area contributed by atoms with E-state index < -0.39 is 0 Å². The number of esters is 1. The molecular formula is C20H23NO3S2. The molecule has 2 aromatic rings. The number of aryl methyl sites for hydroxylation is 2. The van der Waals surface area contributed by atoms with Crippen LogP contribution in [0.1, 0.15) is 11.1 Å². The van der Waals surface area contributed by atoms with Crippen molar-refractivity contribution in [2.75, 3.05) is 24.7 Å². The molecule has 0 spiro atoms. The van der Waals surface area contributed by atoms with Crippen LogP contribution in [0, 0.1) is 13.8 Å². The summed E-state index contributed by atoms with van der Waals surface area (Å²) < 4.78 is 5.02. The minimum Gasteiger partial charge on any atom is -0.455 e. The molecule has 0 aromatic heterocycles. The molecule has 138 valence electrons. The summed E-state index contributed by atoms with van der Waals surface area (Å²) in [6, 6.07) is 16.1. The number of carbonyl (C=O) groups is 2. The van der Waals surface area contributed by atoms with Crippen molar-refractivity contribution in [3.05, 3.63) is 59.7 Å². The van der Waals surface area contributed by atoms with Gasteiger partial charge in [0.15, 0.2) is 6.61 Å². The summed E-state index contributed by atoms with van der Waals surface area (Å²) in [5, 5.41) is 2.76. The Hall–Kier alpha value is -1.92. The lowest BCUT2D eigenvalue weighted by atomic mass is 10.2. The fourth-order valence-corrected chi connectivity index (χ4v) is 3.68. The van der Waals surface area contributed by atoms with Gasteiger partial charge in [0.2, 0.25) is 0 Å². The highest BCUT2D eigenvalue weighted by Crippen LogP contribution is 2.21. The first-order chi connectivity index (χ1) is 12.5. The summed E-state index contributed by atoms with van der Waals surface area (Å²) >= 11 is 3.09. The van der Waals surface area contributed by atoms with E-state index in [0.29, 0.717) is 6.54 Å². The summed E-state index contributed by atoms with van der Waals surface area (Å²) in [4.78, 5) is 25.7. The monoisotopic (exact) mass is 389 g/mol. The molecule has 26 heavy (non-hydrogen) atoms. The maximum atomic E-state index is 11.7. The first kappa shape index (κ1) is 20.4. The fourth-order valence-electron chi connectivity index (χ4n) is 2.09. The largest absolute Gasteiger partial charge is 0.455 e. The van der Waals surface area contributed by atoms with Gasteiger partial charge in [-0.2, -0.15) is 0 Å². The van der Waals surface area contributed by atoms with Crippen molar-refractivity contribution in [2.24, 2.45) is 0 Å².